The average Bonchev–Trinajstić information content (AvgIpc) is 2.56. The summed E-state index contributed by atoms with van der Waals surface area (Å²) in [6.45, 7) is 9.64. The van der Waals surface area contributed by atoms with Gasteiger partial charge in [0, 0.05) is 20.0 Å². The molecule has 0 spiro atoms. The van der Waals surface area contributed by atoms with Crippen molar-refractivity contribution in [3.8, 4) is 5.75 Å². The number of amides is 1. The number of likely N-dealkylation sites (tertiary alicyclic amines) is 1. The maximum atomic E-state index is 11.5. The van der Waals surface area contributed by atoms with Gasteiger partial charge in [0.1, 0.15) is 5.75 Å². The number of nitrogens with zero attached hydrogens (tertiary/aromatic N) is 1. The molecule has 1 fully saturated rings. The summed E-state index contributed by atoms with van der Waals surface area (Å²) in [4.78, 5) is 14.0. The fourth-order valence-electron chi connectivity index (χ4n) is 3.49. The van der Waals surface area contributed by atoms with E-state index in [2.05, 4.69) is 37.1 Å². The molecule has 1 N–H and O–H groups in total. The number of rotatable bonds is 5. The van der Waals surface area contributed by atoms with Crippen LogP contribution in [0.2, 0.25) is 0 Å². The molecule has 1 aliphatic heterocycles. The van der Waals surface area contributed by atoms with Gasteiger partial charge in [-0.25, -0.2) is 0 Å². The Hall–Kier alpha value is -1.55. The summed E-state index contributed by atoms with van der Waals surface area (Å²) >= 11 is 0. The lowest BCUT2D eigenvalue weighted by molar-refractivity contribution is -0.121. The highest BCUT2D eigenvalue weighted by atomic mass is 16.5. The van der Waals surface area contributed by atoms with Crippen LogP contribution in [0.15, 0.2) is 6.07 Å². The Morgan fingerprint density at radius 1 is 1.26 bits per heavy atom. The minimum Gasteiger partial charge on any atom is -0.496 e. The van der Waals surface area contributed by atoms with E-state index in [9.17, 15) is 4.79 Å². The van der Waals surface area contributed by atoms with Crippen molar-refractivity contribution in [1.82, 2.24) is 10.2 Å². The van der Waals surface area contributed by atoms with Crippen LogP contribution in [0.1, 0.15) is 41.5 Å². The van der Waals surface area contributed by atoms with Crippen molar-refractivity contribution in [1.29, 1.82) is 0 Å². The quantitative estimate of drug-likeness (QED) is 0.907. The van der Waals surface area contributed by atoms with Crippen LogP contribution in [0.5, 0.6) is 5.75 Å². The second kappa shape index (κ2) is 7.82. The summed E-state index contributed by atoms with van der Waals surface area (Å²) < 4.78 is 5.46. The Morgan fingerprint density at radius 3 is 2.48 bits per heavy atom. The van der Waals surface area contributed by atoms with Crippen molar-refractivity contribution >= 4 is 5.91 Å². The molecule has 0 atom stereocenters. The molecule has 4 heteroatoms. The van der Waals surface area contributed by atoms with Crippen LogP contribution < -0.4 is 10.1 Å². The molecule has 1 aromatic rings. The number of aryl methyl sites for hydroxylation is 1. The van der Waals surface area contributed by atoms with Crippen LogP contribution in [-0.2, 0) is 11.3 Å². The lowest BCUT2D eigenvalue weighted by Gasteiger charge is -2.32. The van der Waals surface area contributed by atoms with E-state index in [1.807, 2.05) is 0 Å². The number of piperidine rings is 1. The summed E-state index contributed by atoms with van der Waals surface area (Å²) in [5.41, 5.74) is 5.31. The standard InChI is InChI=1S/C19H30N2O2/c1-13-10-18(23-5)15(3)14(2)17(13)12-21-8-6-16(7-9-21)11-19(22)20-4/h10,16H,6-9,11-12H2,1-5H3,(H,20,22). The lowest BCUT2D eigenvalue weighted by Crippen LogP contribution is -2.35. The number of hydrogen-bond donors (Lipinski definition) is 1. The van der Waals surface area contributed by atoms with Gasteiger partial charge in [-0.1, -0.05) is 0 Å². The maximum Gasteiger partial charge on any atom is 0.220 e. The third kappa shape index (κ3) is 4.25. The molecular weight excluding hydrogens is 288 g/mol. The zero-order valence-corrected chi connectivity index (χ0v) is 15.2. The largest absolute Gasteiger partial charge is 0.496 e. The number of nitrogens with one attached hydrogen (secondary N) is 1. The van der Waals surface area contributed by atoms with E-state index in [4.69, 9.17) is 4.74 Å². The van der Waals surface area contributed by atoms with Crippen molar-refractivity contribution in [2.45, 2.75) is 46.6 Å². The second-order valence-electron chi connectivity index (χ2n) is 6.72. The molecule has 0 saturated carbocycles. The van der Waals surface area contributed by atoms with Crippen molar-refractivity contribution in [2.75, 3.05) is 27.2 Å². The van der Waals surface area contributed by atoms with E-state index in [-0.39, 0.29) is 5.91 Å². The van der Waals surface area contributed by atoms with Gasteiger partial charge in [0.15, 0.2) is 0 Å². The molecule has 1 aromatic carbocycles. The van der Waals surface area contributed by atoms with Gasteiger partial charge in [-0.15, -0.1) is 0 Å². The molecule has 0 bridgehead atoms. The Morgan fingerprint density at radius 2 is 1.91 bits per heavy atom. The number of carbonyl (C=O) groups excluding carboxylic acids is 1. The molecule has 1 amide bonds. The van der Waals surface area contributed by atoms with E-state index in [1.165, 1.54) is 22.3 Å². The summed E-state index contributed by atoms with van der Waals surface area (Å²) in [5.74, 6) is 1.68. The van der Waals surface area contributed by atoms with Gasteiger partial charge in [-0.05, 0) is 80.9 Å². The maximum absolute atomic E-state index is 11.5. The number of benzene rings is 1. The molecule has 0 unspecified atom stereocenters. The highest BCUT2D eigenvalue weighted by Gasteiger charge is 2.22. The second-order valence-corrected chi connectivity index (χ2v) is 6.72. The third-order valence-electron chi connectivity index (χ3n) is 5.27. The highest BCUT2D eigenvalue weighted by molar-refractivity contribution is 5.75. The van der Waals surface area contributed by atoms with Gasteiger partial charge in [-0.2, -0.15) is 0 Å². The van der Waals surface area contributed by atoms with Gasteiger partial charge in [0.2, 0.25) is 5.91 Å². The first kappa shape index (κ1) is 17.8. The Balaban J connectivity index is 1.99. The lowest BCUT2D eigenvalue weighted by atomic mass is 9.91. The predicted octanol–water partition coefficient (Wildman–Crippen LogP) is 2.97. The Labute approximate surface area is 140 Å². The van der Waals surface area contributed by atoms with E-state index < -0.39 is 0 Å². The van der Waals surface area contributed by atoms with Crippen LogP contribution in [0.25, 0.3) is 0 Å². The predicted molar refractivity (Wildman–Crippen MR) is 93.9 cm³/mol. The first-order chi connectivity index (χ1) is 11.0. The molecule has 0 aliphatic carbocycles. The zero-order valence-electron chi connectivity index (χ0n) is 15.2. The van der Waals surface area contributed by atoms with Gasteiger partial charge < -0.3 is 10.1 Å². The number of hydrogen-bond acceptors (Lipinski definition) is 3. The van der Waals surface area contributed by atoms with Gasteiger partial charge in [-0.3, -0.25) is 9.69 Å². The first-order valence-corrected chi connectivity index (χ1v) is 8.52. The summed E-state index contributed by atoms with van der Waals surface area (Å²) in [6.07, 6.45) is 2.89. The SMILES string of the molecule is CNC(=O)CC1CCN(Cc2c(C)cc(OC)c(C)c2C)CC1. The van der Waals surface area contributed by atoms with Crippen LogP contribution in [0.4, 0.5) is 0 Å². The van der Waals surface area contributed by atoms with Crippen molar-refractivity contribution in [3.63, 3.8) is 0 Å². The fourth-order valence-corrected chi connectivity index (χ4v) is 3.49. The minimum absolute atomic E-state index is 0.168. The molecule has 1 saturated heterocycles. The fraction of sp³-hybridized carbons (Fsp3) is 0.632. The molecule has 2 rings (SSSR count). The molecule has 0 aromatic heterocycles. The molecule has 23 heavy (non-hydrogen) atoms. The third-order valence-corrected chi connectivity index (χ3v) is 5.27. The first-order valence-electron chi connectivity index (χ1n) is 8.52. The molecular formula is C19H30N2O2. The normalized spacial score (nSPS) is 16.4. The monoisotopic (exact) mass is 318 g/mol. The molecule has 1 aliphatic rings. The molecule has 128 valence electrons. The molecule has 4 nitrogen and oxygen atoms in total. The average molecular weight is 318 g/mol. The van der Waals surface area contributed by atoms with Crippen LogP contribution in [-0.4, -0.2) is 38.1 Å². The van der Waals surface area contributed by atoms with E-state index in [0.29, 0.717) is 12.3 Å². The van der Waals surface area contributed by atoms with Crippen LogP contribution in [0, 0.1) is 26.7 Å². The van der Waals surface area contributed by atoms with E-state index in [0.717, 1.165) is 38.2 Å². The van der Waals surface area contributed by atoms with Gasteiger partial charge in [0.05, 0.1) is 7.11 Å². The molecule has 1 heterocycles. The number of methoxy groups -OCH3 is 1. The van der Waals surface area contributed by atoms with Crippen molar-refractivity contribution in [3.05, 3.63) is 28.3 Å². The van der Waals surface area contributed by atoms with Crippen LogP contribution >= 0.6 is 0 Å². The number of ether oxygens (including phenoxy) is 1. The topological polar surface area (TPSA) is 41.6 Å². The highest BCUT2D eigenvalue weighted by Crippen LogP contribution is 2.29. The van der Waals surface area contributed by atoms with Gasteiger partial charge >= 0.3 is 0 Å². The Kier molecular flexibility index (Phi) is 6.05. The minimum atomic E-state index is 0.168. The summed E-state index contributed by atoms with van der Waals surface area (Å²) in [7, 11) is 3.45. The summed E-state index contributed by atoms with van der Waals surface area (Å²) in [5, 5.41) is 2.73. The summed E-state index contributed by atoms with van der Waals surface area (Å²) in [6, 6.07) is 2.15. The molecule has 0 radical (unpaired) electrons. The Bertz CT molecular complexity index is 561. The smallest absolute Gasteiger partial charge is 0.220 e. The van der Waals surface area contributed by atoms with Crippen molar-refractivity contribution in [2.24, 2.45) is 5.92 Å². The van der Waals surface area contributed by atoms with E-state index >= 15 is 0 Å². The van der Waals surface area contributed by atoms with E-state index in [1.54, 1.807) is 14.2 Å². The number of carbonyl (C=O) groups is 1. The zero-order chi connectivity index (χ0) is 17.0. The van der Waals surface area contributed by atoms with Gasteiger partial charge in [0.25, 0.3) is 0 Å². The van der Waals surface area contributed by atoms with Crippen molar-refractivity contribution < 1.29 is 9.53 Å². The van der Waals surface area contributed by atoms with Crippen LogP contribution in [0.3, 0.4) is 0 Å².